The lowest BCUT2D eigenvalue weighted by atomic mass is 10.1. The molecule has 1 aromatic heterocycles. The highest BCUT2D eigenvalue weighted by Gasteiger charge is 2.12. The van der Waals surface area contributed by atoms with Crippen molar-refractivity contribution in [3.8, 4) is 5.75 Å². The minimum atomic E-state index is -0.292. The van der Waals surface area contributed by atoms with Crippen LogP contribution >= 0.6 is 0 Å². The summed E-state index contributed by atoms with van der Waals surface area (Å²) in [5.74, 6) is 0.312. The van der Waals surface area contributed by atoms with Crippen molar-refractivity contribution < 1.29 is 18.7 Å². The summed E-state index contributed by atoms with van der Waals surface area (Å²) in [6.45, 7) is 2.67. The monoisotopic (exact) mass is 443 g/mol. The number of benzene rings is 3. The minimum Gasteiger partial charge on any atom is -0.492 e. The number of nitrogen functional groups attached to an aromatic ring is 1. The number of amides is 2. The zero-order valence-corrected chi connectivity index (χ0v) is 18.3. The molecule has 0 unspecified atom stereocenters. The number of nitrogens with one attached hydrogen (secondary N) is 2. The number of furan rings is 1. The maximum Gasteiger partial charge on any atom is 0.287 e. The molecule has 0 fully saturated rings. The van der Waals surface area contributed by atoms with Crippen molar-refractivity contribution in [2.75, 3.05) is 24.2 Å². The Balaban J connectivity index is 1.25. The van der Waals surface area contributed by atoms with Crippen LogP contribution in [0, 0.1) is 0 Å². The number of aryl methyl sites for hydroxylation is 1. The zero-order chi connectivity index (χ0) is 23.2. The van der Waals surface area contributed by atoms with E-state index in [4.69, 9.17) is 14.9 Å². The number of ether oxygens (including phenoxy) is 1. The van der Waals surface area contributed by atoms with E-state index >= 15 is 0 Å². The van der Waals surface area contributed by atoms with E-state index in [0.717, 1.165) is 11.8 Å². The van der Waals surface area contributed by atoms with Crippen LogP contribution in [0.2, 0.25) is 0 Å². The molecule has 7 heteroatoms. The zero-order valence-electron chi connectivity index (χ0n) is 18.3. The van der Waals surface area contributed by atoms with Gasteiger partial charge in [-0.05, 0) is 66.6 Å². The minimum absolute atomic E-state index is 0.261. The van der Waals surface area contributed by atoms with Crippen molar-refractivity contribution in [3.05, 3.63) is 89.7 Å². The van der Waals surface area contributed by atoms with Gasteiger partial charge in [-0.15, -0.1) is 0 Å². The number of para-hydroxylation sites is 2. The first-order valence-electron chi connectivity index (χ1n) is 10.7. The molecule has 168 valence electrons. The highest BCUT2D eigenvalue weighted by Crippen LogP contribution is 2.21. The van der Waals surface area contributed by atoms with Crippen molar-refractivity contribution in [3.63, 3.8) is 0 Å². The SMILES string of the molecule is CCc1ccc2oc(C(=O)NCCOc3ccc(C(=O)Nc4ccccc4N)cc3)cc2c1. The van der Waals surface area contributed by atoms with E-state index < -0.39 is 0 Å². The summed E-state index contributed by atoms with van der Waals surface area (Å²) >= 11 is 0. The van der Waals surface area contributed by atoms with Crippen LogP contribution in [0.25, 0.3) is 11.0 Å². The first-order valence-corrected chi connectivity index (χ1v) is 10.7. The molecule has 3 aromatic carbocycles. The smallest absolute Gasteiger partial charge is 0.287 e. The molecule has 0 atom stereocenters. The highest BCUT2D eigenvalue weighted by molar-refractivity contribution is 6.05. The molecule has 4 N–H and O–H groups in total. The van der Waals surface area contributed by atoms with Gasteiger partial charge in [-0.25, -0.2) is 0 Å². The number of carbonyl (C=O) groups is 2. The molecule has 0 aliphatic rings. The Hall–Kier alpha value is -4.26. The third-order valence-electron chi connectivity index (χ3n) is 5.19. The fraction of sp³-hybridized carbons (Fsp3) is 0.154. The Labute approximate surface area is 191 Å². The number of carbonyl (C=O) groups excluding carboxylic acids is 2. The molecule has 0 aliphatic heterocycles. The predicted octanol–water partition coefficient (Wildman–Crippen LogP) is 4.64. The number of rotatable bonds is 8. The molecule has 7 nitrogen and oxygen atoms in total. The lowest BCUT2D eigenvalue weighted by Crippen LogP contribution is -2.27. The van der Waals surface area contributed by atoms with E-state index in [1.54, 1.807) is 54.6 Å². The molecule has 0 radical (unpaired) electrons. The highest BCUT2D eigenvalue weighted by atomic mass is 16.5. The van der Waals surface area contributed by atoms with Gasteiger partial charge in [0.25, 0.3) is 11.8 Å². The second kappa shape index (κ2) is 9.91. The summed E-state index contributed by atoms with van der Waals surface area (Å²) < 4.78 is 11.3. The molecule has 1 heterocycles. The number of nitrogens with two attached hydrogens (primary N) is 1. The van der Waals surface area contributed by atoms with Gasteiger partial charge >= 0.3 is 0 Å². The molecule has 0 saturated heterocycles. The Morgan fingerprint density at radius 2 is 1.76 bits per heavy atom. The van der Waals surface area contributed by atoms with E-state index in [1.165, 1.54) is 5.56 Å². The van der Waals surface area contributed by atoms with E-state index in [-0.39, 0.29) is 24.2 Å². The number of fused-ring (bicyclic) bond motifs is 1. The first-order chi connectivity index (χ1) is 16.0. The van der Waals surface area contributed by atoms with E-state index in [1.807, 2.05) is 18.2 Å². The van der Waals surface area contributed by atoms with Gasteiger partial charge in [-0.1, -0.05) is 25.1 Å². The average Bonchev–Trinajstić information content (AvgIpc) is 3.27. The van der Waals surface area contributed by atoms with E-state index in [2.05, 4.69) is 17.6 Å². The summed E-state index contributed by atoms with van der Waals surface area (Å²) in [5.41, 5.74) is 9.28. The van der Waals surface area contributed by atoms with Crippen molar-refractivity contribution in [1.29, 1.82) is 0 Å². The lowest BCUT2D eigenvalue weighted by molar-refractivity contribution is 0.0921. The van der Waals surface area contributed by atoms with Crippen LogP contribution in [0.1, 0.15) is 33.4 Å². The van der Waals surface area contributed by atoms with Gasteiger partial charge in [-0.2, -0.15) is 0 Å². The molecule has 0 bridgehead atoms. The van der Waals surface area contributed by atoms with Crippen LogP contribution in [-0.4, -0.2) is 25.0 Å². The summed E-state index contributed by atoms with van der Waals surface area (Å²) in [7, 11) is 0. The van der Waals surface area contributed by atoms with Gasteiger partial charge in [0.15, 0.2) is 5.76 Å². The number of hydrogen-bond donors (Lipinski definition) is 3. The van der Waals surface area contributed by atoms with Crippen molar-refractivity contribution in [2.45, 2.75) is 13.3 Å². The molecule has 4 aromatic rings. The topological polar surface area (TPSA) is 107 Å². The molecule has 33 heavy (non-hydrogen) atoms. The Kier molecular flexibility index (Phi) is 6.59. The van der Waals surface area contributed by atoms with E-state index in [9.17, 15) is 9.59 Å². The van der Waals surface area contributed by atoms with Crippen LogP contribution in [0.4, 0.5) is 11.4 Å². The van der Waals surface area contributed by atoms with Gasteiger partial charge in [0.05, 0.1) is 17.9 Å². The quantitative estimate of drug-likeness (QED) is 0.272. The van der Waals surface area contributed by atoms with Gasteiger partial charge in [0.1, 0.15) is 17.9 Å². The standard InChI is InChI=1S/C26H25N3O4/c1-2-17-7-12-23-19(15-17)16-24(33-23)26(31)28-13-14-32-20-10-8-18(9-11-20)25(30)29-22-6-4-3-5-21(22)27/h3-12,15-16H,2,13-14,27H2,1H3,(H,28,31)(H,29,30). The van der Waals surface area contributed by atoms with Crippen LogP contribution in [-0.2, 0) is 6.42 Å². The van der Waals surface area contributed by atoms with Crippen LogP contribution in [0.15, 0.2) is 77.2 Å². The summed E-state index contributed by atoms with van der Waals surface area (Å²) in [4.78, 5) is 24.7. The number of hydrogen-bond acceptors (Lipinski definition) is 5. The van der Waals surface area contributed by atoms with Gasteiger partial charge < -0.3 is 25.5 Å². The Morgan fingerprint density at radius 1 is 0.970 bits per heavy atom. The second-order valence-corrected chi connectivity index (χ2v) is 7.51. The molecular formula is C26H25N3O4. The molecule has 0 saturated carbocycles. The van der Waals surface area contributed by atoms with Gasteiger partial charge in [0.2, 0.25) is 0 Å². The lowest BCUT2D eigenvalue weighted by Gasteiger charge is -2.09. The van der Waals surface area contributed by atoms with Crippen LogP contribution in [0.3, 0.4) is 0 Å². The largest absolute Gasteiger partial charge is 0.492 e. The Bertz CT molecular complexity index is 1280. The maximum absolute atomic E-state index is 12.4. The summed E-state index contributed by atoms with van der Waals surface area (Å²) in [6, 6.07) is 21.5. The molecule has 0 spiro atoms. The normalized spacial score (nSPS) is 10.7. The van der Waals surface area contributed by atoms with Crippen molar-refractivity contribution in [1.82, 2.24) is 5.32 Å². The average molecular weight is 444 g/mol. The third-order valence-corrected chi connectivity index (χ3v) is 5.19. The van der Waals surface area contributed by atoms with Gasteiger partial charge in [-0.3, -0.25) is 9.59 Å². The fourth-order valence-corrected chi connectivity index (χ4v) is 3.35. The molecule has 0 aliphatic carbocycles. The molecular weight excluding hydrogens is 418 g/mol. The van der Waals surface area contributed by atoms with Crippen molar-refractivity contribution in [2.24, 2.45) is 0 Å². The Morgan fingerprint density at radius 3 is 2.52 bits per heavy atom. The van der Waals surface area contributed by atoms with Crippen molar-refractivity contribution >= 4 is 34.2 Å². The van der Waals surface area contributed by atoms with Crippen LogP contribution in [0.5, 0.6) is 5.75 Å². The fourth-order valence-electron chi connectivity index (χ4n) is 3.35. The molecule has 2 amide bonds. The summed E-state index contributed by atoms with van der Waals surface area (Å²) in [6.07, 6.45) is 0.924. The van der Waals surface area contributed by atoms with Crippen LogP contribution < -0.4 is 21.1 Å². The third kappa shape index (κ3) is 5.33. The van der Waals surface area contributed by atoms with Gasteiger partial charge in [0, 0.05) is 10.9 Å². The second-order valence-electron chi connectivity index (χ2n) is 7.51. The maximum atomic E-state index is 12.4. The summed E-state index contributed by atoms with van der Waals surface area (Å²) in [5, 5.41) is 6.48. The number of anilines is 2. The van der Waals surface area contributed by atoms with E-state index in [0.29, 0.717) is 34.8 Å². The first kappa shape index (κ1) is 22.0. The molecule has 4 rings (SSSR count). The predicted molar refractivity (Wildman–Crippen MR) is 129 cm³/mol.